The number of nitrogens with zero attached hydrogens (tertiary/aromatic N) is 1. The van der Waals surface area contributed by atoms with Gasteiger partial charge in [0, 0.05) is 23.2 Å². The zero-order valence-corrected chi connectivity index (χ0v) is 15.7. The molecule has 1 aromatic carbocycles. The van der Waals surface area contributed by atoms with Crippen LogP contribution < -0.4 is 15.4 Å². The van der Waals surface area contributed by atoms with Crippen LogP contribution in [-0.4, -0.2) is 25.7 Å². The lowest BCUT2D eigenvalue weighted by Gasteiger charge is -2.12. The molecule has 0 aromatic heterocycles. The number of hydrogen-bond donors (Lipinski definition) is 2. The monoisotopic (exact) mass is 423 g/mol. The second-order valence-electron chi connectivity index (χ2n) is 5.12. The second-order valence-corrected chi connectivity index (χ2v) is 5.55. The van der Waals surface area contributed by atoms with Crippen LogP contribution in [0, 0.1) is 5.92 Å². The molecule has 0 heterocycles. The quantitative estimate of drug-likeness (QED) is 0.433. The van der Waals surface area contributed by atoms with Gasteiger partial charge in [-0.05, 0) is 31.4 Å². The molecule has 0 spiro atoms. The van der Waals surface area contributed by atoms with E-state index in [4.69, 9.17) is 16.3 Å². The standard InChI is InChI=1S/C15H22ClN3O.HI/c1-4-17-15(19-13-7-10(13)2)18-9-11-5-6-12(16)8-14(11)20-3;/h5-6,8,10,13H,4,7,9H2,1-3H3,(H2,17,18,19);1H. The minimum absolute atomic E-state index is 0. The molecule has 0 saturated heterocycles. The summed E-state index contributed by atoms with van der Waals surface area (Å²) in [6, 6.07) is 6.18. The summed E-state index contributed by atoms with van der Waals surface area (Å²) in [6.07, 6.45) is 1.22. The molecule has 2 unspecified atom stereocenters. The van der Waals surface area contributed by atoms with Crippen LogP contribution in [0.2, 0.25) is 5.02 Å². The Hall–Kier alpha value is -0.690. The highest BCUT2D eigenvalue weighted by atomic mass is 127. The third-order valence-electron chi connectivity index (χ3n) is 3.43. The molecule has 1 saturated carbocycles. The SMILES string of the molecule is CCNC(=NCc1ccc(Cl)cc1OC)NC1CC1C.I. The van der Waals surface area contributed by atoms with E-state index in [2.05, 4.69) is 29.5 Å². The first kappa shape index (κ1) is 18.4. The maximum Gasteiger partial charge on any atom is 0.191 e. The molecule has 6 heteroatoms. The minimum atomic E-state index is 0. The number of hydrogen-bond acceptors (Lipinski definition) is 2. The van der Waals surface area contributed by atoms with Crippen molar-refractivity contribution in [3.63, 3.8) is 0 Å². The summed E-state index contributed by atoms with van der Waals surface area (Å²) in [5.74, 6) is 2.37. The zero-order valence-electron chi connectivity index (χ0n) is 12.6. The van der Waals surface area contributed by atoms with Crippen LogP contribution in [0.4, 0.5) is 0 Å². The van der Waals surface area contributed by atoms with Crippen molar-refractivity contribution in [2.75, 3.05) is 13.7 Å². The van der Waals surface area contributed by atoms with Gasteiger partial charge >= 0.3 is 0 Å². The minimum Gasteiger partial charge on any atom is -0.496 e. The fraction of sp³-hybridized carbons (Fsp3) is 0.533. The molecular weight excluding hydrogens is 401 g/mol. The average Bonchev–Trinajstić information content (AvgIpc) is 3.12. The number of methoxy groups -OCH3 is 1. The molecule has 0 amide bonds. The molecule has 1 fully saturated rings. The van der Waals surface area contributed by atoms with Crippen LogP contribution in [0.3, 0.4) is 0 Å². The molecule has 21 heavy (non-hydrogen) atoms. The molecular formula is C15H23ClIN3O. The van der Waals surface area contributed by atoms with Crippen molar-refractivity contribution in [2.24, 2.45) is 10.9 Å². The lowest BCUT2D eigenvalue weighted by Crippen LogP contribution is -2.39. The Labute approximate surface area is 148 Å². The summed E-state index contributed by atoms with van der Waals surface area (Å²) in [7, 11) is 1.65. The van der Waals surface area contributed by atoms with E-state index in [0.717, 1.165) is 29.7 Å². The molecule has 1 aliphatic rings. The maximum atomic E-state index is 5.96. The highest BCUT2D eigenvalue weighted by Gasteiger charge is 2.33. The van der Waals surface area contributed by atoms with Gasteiger partial charge in [0.05, 0.1) is 13.7 Å². The van der Waals surface area contributed by atoms with E-state index < -0.39 is 0 Å². The summed E-state index contributed by atoms with van der Waals surface area (Å²) >= 11 is 5.96. The lowest BCUT2D eigenvalue weighted by atomic mass is 10.2. The Kier molecular flexibility index (Phi) is 7.59. The van der Waals surface area contributed by atoms with Crippen LogP contribution in [0.25, 0.3) is 0 Å². The predicted molar refractivity (Wildman–Crippen MR) is 98.9 cm³/mol. The van der Waals surface area contributed by atoms with Crippen LogP contribution in [0.5, 0.6) is 5.75 Å². The molecule has 0 aliphatic heterocycles. The number of halogens is 2. The Morgan fingerprint density at radius 3 is 2.76 bits per heavy atom. The molecule has 2 rings (SSSR count). The number of aliphatic imine (C=N–C) groups is 1. The number of benzene rings is 1. The van der Waals surface area contributed by atoms with Crippen LogP contribution in [0.1, 0.15) is 25.8 Å². The predicted octanol–water partition coefficient (Wildman–Crippen LogP) is 3.43. The Bertz CT molecular complexity index is 496. The maximum absolute atomic E-state index is 5.96. The molecule has 2 N–H and O–H groups in total. The van der Waals surface area contributed by atoms with Gasteiger partial charge in [-0.3, -0.25) is 0 Å². The first-order valence-corrected chi connectivity index (χ1v) is 7.39. The number of guanidine groups is 1. The smallest absolute Gasteiger partial charge is 0.191 e. The van der Waals surface area contributed by atoms with E-state index in [9.17, 15) is 0 Å². The van der Waals surface area contributed by atoms with Gasteiger partial charge in [-0.15, -0.1) is 24.0 Å². The summed E-state index contributed by atoms with van der Waals surface area (Å²) in [6.45, 7) is 5.72. The van der Waals surface area contributed by atoms with Crippen molar-refractivity contribution in [3.05, 3.63) is 28.8 Å². The van der Waals surface area contributed by atoms with Crippen molar-refractivity contribution >= 4 is 41.5 Å². The third-order valence-corrected chi connectivity index (χ3v) is 3.67. The molecule has 4 nitrogen and oxygen atoms in total. The van der Waals surface area contributed by atoms with Gasteiger partial charge in [-0.25, -0.2) is 4.99 Å². The van der Waals surface area contributed by atoms with Crippen molar-refractivity contribution in [3.8, 4) is 5.75 Å². The fourth-order valence-electron chi connectivity index (χ4n) is 2.03. The third kappa shape index (κ3) is 5.54. The highest BCUT2D eigenvalue weighted by Crippen LogP contribution is 2.29. The zero-order chi connectivity index (χ0) is 14.5. The van der Waals surface area contributed by atoms with Crippen molar-refractivity contribution in [1.29, 1.82) is 0 Å². The molecule has 0 bridgehead atoms. The van der Waals surface area contributed by atoms with Crippen LogP contribution in [0.15, 0.2) is 23.2 Å². The first-order chi connectivity index (χ1) is 9.63. The Morgan fingerprint density at radius 2 is 2.19 bits per heavy atom. The average molecular weight is 424 g/mol. The van der Waals surface area contributed by atoms with E-state index in [0.29, 0.717) is 17.6 Å². The second kappa shape index (κ2) is 8.68. The Balaban J connectivity index is 0.00000220. The van der Waals surface area contributed by atoms with Gasteiger partial charge in [-0.2, -0.15) is 0 Å². The summed E-state index contributed by atoms with van der Waals surface area (Å²) in [5, 5.41) is 7.37. The van der Waals surface area contributed by atoms with E-state index in [1.807, 2.05) is 18.2 Å². The Morgan fingerprint density at radius 1 is 1.48 bits per heavy atom. The van der Waals surface area contributed by atoms with Crippen molar-refractivity contribution in [2.45, 2.75) is 32.9 Å². The van der Waals surface area contributed by atoms with Gasteiger partial charge in [0.2, 0.25) is 0 Å². The topological polar surface area (TPSA) is 45.7 Å². The van der Waals surface area contributed by atoms with Gasteiger partial charge in [0.1, 0.15) is 5.75 Å². The van der Waals surface area contributed by atoms with Crippen LogP contribution in [-0.2, 0) is 6.54 Å². The number of ether oxygens (including phenoxy) is 1. The summed E-state index contributed by atoms with van der Waals surface area (Å²) < 4.78 is 5.33. The summed E-state index contributed by atoms with van der Waals surface area (Å²) in [5.41, 5.74) is 1.03. The van der Waals surface area contributed by atoms with E-state index in [-0.39, 0.29) is 24.0 Å². The van der Waals surface area contributed by atoms with E-state index in [1.54, 1.807) is 7.11 Å². The largest absolute Gasteiger partial charge is 0.496 e. The van der Waals surface area contributed by atoms with Gasteiger partial charge in [0.15, 0.2) is 5.96 Å². The first-order valence-electron chi connectivity index (χ1n) is 7.01. The van der Waals surface area contributed by atoms with Gasteiger partial charge in [0.25, 0.3) is 0 Å². The molecule has 0 radical (unpaired) electrons. The number of nitrogens with one attached hydrogen (secondary N) is 2. The van der Waals surface area contributed by atoms with E-state index >= 15 is 0 Å². The molecule has 1 aromatic rings. The van der Waals surface area contributed by atoms with Crippen molar-refractivity contribution in [1.82, 2.24) is 10.6 Å². The summed E-state index contributed by atoms with van der Waals surface area (Å²) in [4.78, 5) is 4.61. The fourth-order valence-corrected chi connectivity index (χ4v) is 2.19. The number of rotatable bonds is 5. The molecule has 118 valence electrons. The van der Waals surface area contributed by atoms with Crippen LogP contribution >= 0.6 is 35.6 Å². The molecule has 2 atom stereocenters. The van der Waals surface area contributed by atoms with Gasteiger partial charge in [-0.1, -0.05) is 24.6 Å². The normalized spacial score (nSPS) is 20.5. The molecule has 1 aliphatic carbocycles. The van der Waals surface area contributed by atoms with Gasteiger partial charge < -0.3 is 15.4 Å². The lowest BCUT2D eigenvalue weighted by molar-refractivity contribution is 0.410. The van der Waals surface area contributed by atoms with E-state index in [1.165, 1.54) is 6.42 Å². The highest BCUT2D eigenvalue weighted by molar-refractivity contribution is 14.0. The van der Waals surface area contributed by atoms with Crippen molar-refractivity contribution < 1.29 is 4.74 Å².